The maximum atomic E-state index is 11.0. The number of aromatic nitrogens is 3. The largest absolute Gasteiger partial charge is 0.496 e. The van der Waals surface area contributed by atoms with Crippen LogP contribution < -0.4 is 29.9 Å². The Hall–Kier alpha value is -4.68. The third-order valence-electron chi connectivity index (χ3n) is 5.91. The first-order valence-corrected chi connectivity index (χ1v) is 13.0. The van der Waals surface area contributed by atoms with Crippen LogP contribution in [0.1, 0.15) is 45.1 Å². The molecular weight excluding hydrogens is 516 g/mol. The van der Waals surface area contributed by atoms with Gasteiger partial charge in [-0.2, -0.15) is 20.1 Å². The van der Waals surface area contributed by atoms with Crippen LogP contribution in [0.3, 0.4) is 0 Å². The molecule has 0 spiro atoms. The number of anilines is 4. The van der Waals surface area contributed by atoms with Gasteiger partial charge >= 0.3 is 0 Å². The molecule has 3 rings (SSSR count). The Bertz CT molecular complexity index is 1280. The van der Waals surface area contributed by atoms with Crippen molar-refractivity contribution >= 4 is 35.4 Å². The number of hydrogen-bond donors (Lipinski definition) is 2. The molecule has 3 aromatic rings. The second kappa shape index (κ2) is 15.0. The molecule has 2 aromatic carbocycles. The van der Waals surface area contributed by atoms with E-state index in [1.165, 1.54) is 12.1 Å². The Morgan fingerprint density at radius 3 is 2.08 bits per heavy atom. The molecule has 0 unspecified atom stereocenters. The van der Waals surface area contributed by atoms with Gasteiger partial charge in [-0.25, -0.2) is 5.43 Å². The van der Waals surface area contributed by atoms with Gasteiger partial charge in [-0.05, 0) is 31.0 Å². The average molecular weight is 553 g/mol. The van der Waals surface area contributed by atoms with E-state index in [1.807, 2.05) is 0 Å². The van der Waals surface area contributed by atoms with Gasteiger partial charge in [0.2, 0.25) is 17.8 Å². The molecule has 2 N–H and O–H groups in total. The summed E-state index contributed by atoms with van der Waals surface area (Å²) in [5.41, 5.74) is 4.14. The van der Waals surface area contributed by atoms with Crippen molar-refractivity contribution in [3.8, 4) is 17.2 Å². The van der Waals surface area contributed by atoms with Crippen molar-refractivity contribution in [1.82, 2.24) is 15.0 Å². The van der Waals surface area contributed by atoms with E-state index >= 15 is 0 Å². The first-order chi connectivity index (χ1) is 19.4. The summed E-state index contributed by atoms with van der Waals surface area (Å²) in [5, 5.41) is 18.5. The minimum Gasteiger partial charge on any atom is -0.496 e. The van der Waals surface area contributed by atoms with Crippen molar-refractivity contribution in [2.75, 3.05) is 50.1 Å². The molecule has 0 fully saturated rings. The van der Waals surface area contributed by atoms with Gasteiger partial charge in [0.25, 0.3) is 5.69 Å². The summed E-state index contributed by atoms with van der Waals surface area (Å²) in [5.74, 6) is 2.62. The minimum atomic E-state index is -0.447. The Labute approximate surface area is 233 Å². The van der Waals surface area contributed by atoms with Gasteiger partial charge in [0.1, 0.15) is 5.75 Å². The molecule has 0 saturated carbocycles. The number of benzene rings is 2. The first kappa shape index (κ1) is 29.9. The third kappa shape index (κ3) is 8.16. The summed E-state index contributed by atoms with van der Waals surface area (Å²) in [6.45, 7) is 5.86. The van der Waals surface area contributed by atoms with Crippen LogP contribution in [0.25, 0.3) is 0 Å². The SMILES string of the molecule is CCCCN(CCCC)c1nc(N/N=C/c2cc(OC)c(OC)cc2OC)nc(Nc2ccc([N+](=O)[O-])cc2)n1. The second-order valence-electron chi connectivity index (χ2n) is 8.72. The highest BCUT2D eigenvalue weighted by molar-refractivity contribution is 5.85. The predicted molar refractivity (Wildman–Crippen MR) is 156 cm³/mol. The van der Waals surface area contributed by atoms with E-state index in [9.17, 15) is 10.1 Å². The van der Waals surface area contributed by atoms with Gasteiger partial charge in [0, 0.05) is 42.5 Å². The summed E-state index contributed by atoms with van der Waals surface area (Å²) in [4.78, 5) is 26.4. The highest BCUT2D eigenvalue weighted by Crippen LogP contribution is 2.33. The fraction of sp³-hybridized carbons (Fsp3) is 0.407. The molecule has 1 heterocycles. The summed E-state index contributed by atoms with van der Waals surface area (Å²) >= 11 is 0. The van der Waals surface area contributed by atoms with Crippen LogP contribution in [0, 0.1) is 10.1 Å². The lowest BCUT2D eigenvalue weighted by atomic mass is 10.2. The number of ether oxygens (including phenoxy) is 3. The zero-order chi connectivity index (χ0) is 28.9. The van der Waals surface area contributed by atoms with Crippen LogP contribution >= 0.6 is 0 Å². The molecule has 40 heavy (non-hydrogen) atoms. The van der Waals surface area contributed by atoms with E-state index in [0.717, 1.165) is 38.8 Å². The number of nitro benzene ring substituents is 1. The quantitative estimate of drug-likeness (QED) is 0.134. The summed E-state index contributed by atoms with van der Waals surface area (Å²) in [6, 6.07) is 9.50. The Balaban J connectivity index is 1.93. The van der Waals surface area contributed by atoms with Crippen molar-refractivity contribution in [2.45, 2.75) is 39.5 Å². The van der Waals surface area contributed by atoms with Crippen LogP contribution in [0.2, 0.25) is 0 Å². The van der Waals surface area contributed by atoms with E-state index in [0.29, 0.717) is 34.4 Å². The number of nitrogens with one attached hydrogen (secondary N) is 2. The summed E-state index contributed by atoms with van der Waals surface area (Å²) in [6.07, 6.45) is 5.61. The monoisotopic (exact) mass is 552 g/mol. The second-order valence-corrected chi connectivity index (χ2v) is 8.72. The lowest BCUT2D eigenvalue weighted by Gasteiger charge is -2.23. The number of unbranched alkanes of at least 4 members (excludes halogenated alkanes) is 2. The number of nitrogens with zero attached hydrogens (tertiary/aromatic N) is 6. The standard InChI is InChI=1S/C27H36N8O5/c1-6-8-14-34(15-9-7-2)27-31-25(29-20-10-12-21(13-11-20)35(36)37)30-26(32-27)33-28-18-19-16-23(39-4)24(40-5)17-22(19)38-3/h10-13,16-18H,6-9,14-15H2,1-5H3,(H2,29,30,31,32,33)/b28-18+. The highest BCUT2D eigenvalue weighted by atomic mass is 16.6. The Morgan fingerprint density at radius 1 is 0.900 bits per heavy atom. The first-order valence-electron chi connectivity index (χ1n) is 13.0. The van der Waals surface area contributed by atoms with Gasteiger partial charge in [-0.1, -0.05) is 26.7 Å². The van der Waals surface area contributed by atoms with E-state index in [2.05, 4.69) is 49.5 Å². The lowest BCUT2D eigenvalue weighted by molar-refractivity contribution is -0.384. The van der Waals surface area contributed by atoms with Crippen molar-refractivity contribution in [2.24, 2.45) is 5.10 Å². The van der Waals surface area contributed by atoms with E-state index in [1.54, 1.807) is 51.8 Å². The van der Waals surface area contributed by atoms with Crippen molar-refractivity contribution in [3.63, 3.8) is 0 Å². The fourth-order valence-electron chi connectivity index (χ4n) is 3.73. The number of hydrogen-bond acceptors (Lipinski definition) is 12. The van der Waals surface area contributed by atoms with Crippen LogP contribution in [-0.2, 0) is 0 Å². The zero-order valence-corrected chi connectivity index (χ0v) is 23.5. The van der Waals surface area contributed by atoms with Crippen LogP contribution in [0.5, 0.6) is 17.2 Å². The number of nitro groups is 1. The molecule has 13 heteroatoms. The van der Waals surface area contributed by atoms with Crippen molar-refractivity contribution < 1.29 is 19.1 Å². The molecule has 0 aliphatic heterocycles. The van der Waals surface area contributed by atoms with Gasteiger partial charge in [0.05, 0.1) is 32.5 Å². The highest BCUT2D eigenvalue weighted by Gasteiger charge is 2.15. The number of non-ortho nitro benzene ring substituents is 1. The maximum absolute atomic E-state index is 11.0. The number of rotatable bonds is 16. The summed E-state index contributed by atoms with van der Waals surface area (Å²) < 4.78 is 16.2. The molecule has 0 aliphatic carbocycles. The zero-order valence-electron chi connectivity index (χ0n) is 23.5. The molecule has 0 aliphatic rings. The molecule has 1 aromatic heterocycles. The topological polar surface area (TPSA) is 149 Å². The van der Waals surface area contributed by atoms with Crippen molar-refractivity contribution in [1.29, 1.82) is 0 Å². The smallest absolute Gasteiger partial charge is 0.269 e. The van der Waals surface area contributed by atoms with Crippen LogP contribution in [-0.4, -0.2) is 60.5 Å². The minimum absolute atomic E-state index is 0.00512. The number of hydrazone groups is 1. The Kier molecular flexibility index (Phi) is 11.2. The molecule has 0 amide bonds. The van der Waals surface area contributed by atoms with Gasteiger partial charge in [-0.15, -0.1) is 0 Å². The average Bonchev–Trinajstić information content (AvgIpc) is 2.97. The molecule has 0 atom stereocenters. The molecular formula is C27H36N8O5. The van der Waals surface area contributed by atoms with E-state index in [-0.39, 0.29) is 17.6 Å². The molecule has 0 radical (unpaired) electrons. The molecule has 0 saturated heterocycles. The van der Waals surface area contributed by atoms with E-state index < -0.39 is 4.92 Å². The van der Waals surface area contributed by atoms with Gasteiger partial charge in [-0.3, -0.25) is 10.1 Å². The molecule has 214 valence electrons. The van der Waals surface area contributed by atoms with Crippen LogP contribution in [0.4, 0.5) is 29.2 Å². The maximum Gasteiger partial charge on any atom is 0.269 e. The Morgan fingerprint density at radius 2 is 1.50 bits per heavy atom. The normalized spacial score (nSPS) is 10.8. The fourth-order valence-corrected chi connectivity index (χ4v) is 3.73. The molecule has 13 nitrogen and oxygen atoms in total. The predicted octanol–water partition coefficient (Wildman–Crippen LogP) is 5.40. The van der Waals surface area contributed by atoms with Gasteiger partial charge in [0.15, 0.2) is 11.5 Å². The van der Waals surface area contributed by atoms with Crippen molar-refractivity contribution in [3.05, 3.63) is 52.1 Å². The third-order valence-corrected chi connectivity index (χ3v) is 5.91. The lowest BCUT2D eigenvalue weighted by Crippen LogP contribution is -2.28. The van der Waals surface area contributed by atoms with E-state index in [4.69, 9.17) is 14.2 Å². The van der Waals surface area contributed by atoms with Gasteiger partial charge < -0.3 is 24.4 Å². The van der Waals surface area contributed by atoms with Crippen LogP contribution in [0.15, 0.2) is 41.5 Å². The summed E-state index contributed by atoms with van der Waals surface area (Å²) in [7, 11) is 4.66. The number of methoxy groups -OCH3 is 3. The molecule has 0 bridgehead atoms.